The Morgan fingerprint density at radius 1 is 1.32 bits per heavy atom. The second-order valence-corrected chi connectivity index (χ2v) is 6.38. The predicted molar refractivity (Wildman–Crippen MR) is 115 cm³/mol. The first kappa shape index (κ1) is 22.0. The van der Waals surface area contributed by atoms with Crippen molar-refractivity contribution in [3.8, 4) is 0 Å². The molecule has 2 rings (SSSR count). The zero-order valence-corrected chi connectivity index (χ0v) is 18.2. The molecule has 0 radical (unpaired) electrons. The summed E-state index contributed by atoms with van der Waals surface area (Å²) in [6.45, 7) is 10.7. The third kappa shape index (κ3) is 6.62. The Morgan fingerprint density at radius 2 is 2.08 bits per heavy atom. The molecule has 6 nitrogen and oxygen atoms in total. The van der Waals surface area contributed by atoms with Crippen LogP contribution in [0.1, 0.15) is 39.2 Å². The number of hydrogen-bond donors (Lipinski definition) is 2. The Balaban J connectivity index is 0.00000312. The van der Waals surface area contributed by atoms with Crippen molar-refractivity contribution in [2.24, 2.45) is 4.99 Å². The van der Waals surface area contributed by atoms with Gasteiger partial charge in [-0.25, -0.2) is 4.98 Å². The Hall–Kier alpha value is -1.09. The van der Waals surface area contributed by atoms with E-state index in [9.17, 15) is 0 Å². The summed E-state index contributed by atoms with van der Waals surface area (Å²) in [5.41, 5.74) is 1.06. The molecular weight excluding hydrogens is 429 g/mol. The predicted octanol–water partition coefficient (Wildman–Crippen LogP) is 2.78. The second-order valence-electron chi connectivity index (χ2n) is 6.38. The number of rotatable bonds is 7. The highest BCUT2D eigenvalue weighted by Crippen LogP contribution is 2.23. The summed E-state index contributed by atoms with van der Waals surface area (Å²) in [4.78, 5) is 11.1. The van der Waals surface area contributed by atoms with Crippen molar-refractivity contribution in [3.63, 3.8) is 0 Å². The van der Waals surface area contributed by atoms with Gasteiger partial charge in [0, 0.05) is 46.0 Å². The van der Waals surface area contributed by atoms with Gasteiger partial charge in [-0.3, -0.25) is 4.99 Å². The third-order valence-electron chi connectivity index (χ3n) is 4.51. The van der Waals surface area contributed by atoms with Crippen LogP contribution in [0, 0.1) is 0 Å². The molecule has 142 valence electrons. The Morgan fingerprint density at radius 3 is 2.60 bits per heavy atom. The first-order valence-electron chi connectivity index (χ1n) is 8.88. The topological polar surface area (TPSA) is 61.8 Å². The number of halogens is 1. The van der Waals surface area contributed by atoms with Crippen molar-refractivity contribution in [2.45, 2.75) is 45.8 Å². The number of nitrogens with one attached hydrogen (secondary N) is 2. The summed E-state index contributed by atoms with van der Waals surface area (Å²) in [5, 5.41) is 6.69. The molecule has 0 amide bonds. The van der Waals surface area contributed by atoms with Gasteiger partial charge in [-0.2, -0.15) is 0 Å². The molecule has 1 fully saturated rings. The zero-order chi connectivity index (χ0) is 17.4. The first-order chi connectivity index (χ1) is 11.6. The summed E-state index contributed by atoms with van der Waals surface area (Å²) in [7, 11) is 1.79. The van der Waals surface area contributed by atoms with Gasteiger partial charge in [0.25, 0.3) is 0 Å². The lowest BCUT2D eigenvalue weighted by molar-refractivity contribution is 0.0243. The van der Waals surface area contributed by atoms with E-state index in [2.05, 4.69) is 58.4 Å². The van der Waals surface area contributed by atoms with Crippen molar-refractivity contribution in [1.82, 2.24) is 15.6 Å². The summed E-state index contributed by atoms with van der Waals surface area (Å²) < 4.78 is 5.79. The number of anilines is 1. The van der Waals surface area contributed by atoms with Crippen LogP contribution in [0.3, 0.4) is 0 Å². The molecule has 1 aliphatic heterocycles. The van der Waals surface area contributed by atoms with E-state index in [-0.39, 0.29) is 29.6 Å². The van der Waals surface area contributed by atoms with E-state index in [1.165, 1.54) is 0 Å². The SMILES string of the molecule is CCN(CC)c1ccc(CNC(=NC)NCC2(C)CCCO2)cn1.I. The number of aliphatic imine (C=N–C) groups is 1. The Bertz CT molecular complexity index is 525. The molecule has 0 aromatic carbocycles. The summed E-state index contributed by atoms with van der Waals surface area (Å²) >= 11 is 0. The highest BCUT2D eigenvalue weighted by molar-refractivity contribution is 14.0. The fourth-order valence-corrected chi connectivity index (χ4v) is 2.91. The number of nitrogens with zero attached hydrogens (tertiary/aromatic N) is 3. The maximum atomic E-state index is 5.79. The minimum Gasteiger partial charge on any atom is -0.373 e. The van der Waals surface area contributed by atoms with Gasteiger partial charge in [-0.1, -0.05) is 6.07 Å². The molecule has 0 spiro atoms. The molecular formula is C18H32IN5O. The van der Waals surface area contributed by atoms with E-state index >= 15 is 0 Å². The minimum atomic E-state index is -0.0788. The minimum absolute atomic E-state index is 0. The van der Waals surface area contributed by atoms with Gasteiger partial charge < -0.3 is 20.3 Å². The first-order valence-corrected chi connectivity index (χ1v) is 8.88. The number of hydrogen-bond acceptors (Lipinski definition) is 4. The van der Waals surface area contributed by atoms with E-state index in [0.717, 1.165) is 56.4 Å². The molecule has 1 aliphatic rings. The molecule has 0 aliphatic carbocycles. The van der Waals surface area contributed by atoms with Crippen LogP contribution in [-0.2, 0) is 11.3 Å². The third-order valence-corrected chi connectivity index (χ3v) is 4.51. The van der Waals surface area contributed by atoms with Crippen LogP contribution in [0.4, 0.5) is 5.82 Å². The standard InChI is InChI=1S/C18H31N5O.HI/c1-5-23(6-2)16-9-8-15(12-20-16)13-21-17(19-4)22-14-18(3)10-7-11-24-18;/h8-9,12H,5-7,10-11,13-14H2,1-4H3,(H2,19,21,22);1H. The van der Waals surface area contributed by atoms with Gasteiger partial charge in [-0.05, 0) is 45.2 Å². The van der Waals surface area contributed by atoms with Crippen molar-refractivity contribution in [1.29, 1.82) is 0 Å². The number of ether oxygens (including phenoxy) is 1. The lowest BCUT2D eigenvalue weighted by atomic mass is 10.0. The molecule has 0 saturated carbocycles. The smallest absolute Gasteiger partial charge is 0.191 e. The molecule has 1 aromatic rings. The van der Waals surface area contributed by atoms with E-state index < -0.39 is 0 Å². The highest BCUT2D eigenvalue weighted by atomic mass is 127. The normalized spacial score (nSPS) is 20.1. The maximum absolute atomic E-state index is 5.79. The van der Waals surface area contributed by atoms with E-state index in [1.807, 2.05) is 6.20 Å². The van der Waals surface area contributed by atoms with Crippen LogP contribution in [0.15, 0.2) is 23.3 Å². The van der Waals surface area contributed by atoms with Crippen molar-refractivity contribution in [3.05, 3.63) is 23.9 Å². The lowest BCUT2D eigenvalue weighted by Gasteiger charge is -2.24. The van der Waals surface area contributed by atoms with Gasteiger partial charge in [0.05, 0.1) is 5.60 Å². The van der Waals surface area contributed by atoms with Crippen LogP contribution in [0.2, 0.25) is 0 Å². The van der Waals surface area contributed by atoms with Crippen molar-refractivity contribution >= 4 is 35.8 Å². The molecule has 0 bridgehead atoms. The molecule has 1 atom stereocenters. The van der Waals surface area contributed by atoms with E-state index in [1.54, 1.807) is 7.05 Å². The second kappa shape index (κ2) is 10.8. The van der Waals surface area contributed by atoms with Gasteiger partial charge in [0.2, 0.25) is 0 Å². The quantitative estimate of drug-likeness (QED) is 0.372. The molecule has 1 aromatic heterocycles. The monoisotopic (exact) mass is 461 g/mol. The van der Waals surface area contributed by atoms with Crippen LogP contribution in [0.25, 0.3) is 0 Å². The molecule has 25 heavy (non-hydrogen) atoms. The molecule has 2 heterocycles. The zero-order valence-electron chi connectivity index (χ0n) is 15.8. The van der Waals surface area contributed by atoms with Gasteiger partial charge in [0.1, 0.15) is 5.82 Å². The van der Waals surface area contributed by atoms with Gasteiger partial charge >= 0.3 is 0 Å². The highest BCUT2D eigenvalue weighted by Gasteiger charge is 2.29. The molecule has 1 saturated heterocycles. The lowest BCUT2D eigenvalue weighted by Crippen LogP contribution is -2.45. The average Bonchev–Trinajstić information content (AvgIpc) is 3.04. The average molecular weight is 461 g/mol. The number of guanidine groups is 1. The number of pyridine rings is 1. The van der Waals surface area contributed by atoms with Crippen LogP contribution in [-0.4, -0.2) is 49.8 Å². The van der Waals surface area contributed by atoms with Crippen LogP contribution >= 0.6 is 24.0 Å². The summed E-state index contributed by atoms with van der Waals surface area (Å²) in [6.07, 6.45) is 4.15. The summed E-state index contributed by atoms with van der Waals surface area (Å²) in [6, 6.07) is 4.19. The molecule has 2 N–H and O–H groups in total. The van der Waals surface area contributed by atoms with E-state index in [4.69, 9.17) is 4.74 Å². The maximum Gasteiger partial charge on any atom is 0.191 e. The number of aromatic nitrogens is 1. The Kier molecular flexibility index (Phi) is 9.48. The summed E-state index contributed by atoms with van der Waals surface area (Å²) in [5.74, 6) is 1.82. The fourth-order valence-electron chi connectivity index (χ4n) is 2.91. The molecule has 1 unspecified atom stereocenters. The van der Waals surface area contributed by atoms with Gasteiger partial charge in [-0.15, -0.1) is 24.0 Å². The van der Waals surface area contributed by atoms with Crippen molar-refractivity contribution in [2.75, 3.05) is 38.2 Å². The molecule has 7 heteroatoms. The van der Waals surface area contributed by atoms with E-state index in [0.29, 0.717) is 6.54 Å². The van der Waals surface area contributed by atoms with Gasteiger partial charge in [0.15, 0.2) is 5.96 Å². The fraction of sp³-hybridized carbons (Fsp3) is 0.667. The largest absolute Gasteiger partial charge is 0.373 e. The Labute approximate surface area is 168 Å². The van der Waals surface area contributed by atoms with Crippen LogP contribution in [0.5, 0.6) is 0 Å². The van der Waals surface area contributed by atoms with Crippen LogP contribution < -0.4 is 15.5 Å². The van der Waals surface area contributed by atoms with Crippen molar-refractivity contribution < 1.29 is 4.74 Å².